The number of thiazole rings is 1. The first kappa shape index (κ1) is 22.8. The van der Waals surface area contributed by atoms with E-state index in [2.05, 4.69) is 10.3 Å². The maximum atomic E-state index is 13.5. The predicted octanol–water partition coefficient (Wildman–Crippen LogP) is 3.48. The number of benzene rings is 2. The fraction of sp³-hybridized carbons (Fsp3) is 0.208. The monoisotopic (exact) mass is 483 g/mol. The number of halogens is 1. The summed E-state index contributed by atoms with van der Waals surface area (Å²) in [6, 6.07) is 13.8. The largest absolute Gasteiger partial charge is 0.497 e. The number of allylic oxidation sites excluding steroid dienone is 1. The Labute approximate surface area is 199 Å². The molecule has 170 valence electrons. The maximum Gasteiger partial charge on any atom is 0.338 e. The van der Waals surface area contributed by atoms with E-state index in [0.29, 0.717) is 31.4 Å². The van der Waals surface area contributed by atoms with Crippen molar-refractivity contribution in [1.29, 1.82) is 0 Å². The van der Waals surface area contributed by atoms with Gasteiger partial charge in [0.2, 0.25) is 0 Å². The molecule has 2 heterocycles. The third kappa shape index (κ3) is 4.58. The average Bonchev–Trinajstić information content (AvgIpc) is 3.12. The molecule has 1 aliphatic rings. The number of carbonyl (C=O) groups is 1. The number of anilines is 1. The van der Waals surface area contributed by atoms with Crippen LogP contribution in [0.5, 0.6) is 5.75 Å². The topological polar surface area (TPSA) is 81.9 Å². The Hall–Kier alpha value is -3.36. The number of ether oxygens (including phenoxy) is 2. The zero-order chi connectivity index (χ0) is 23.5. The molecule has 7 nitrogen and oxygen atoms in total. The van der Waals surface area contributed by atoms with Crippen molar-refractivity contribution in [2.75, 3.05) is 19.0 Å². The maximum absolute atomic E-state index is 13.5. The molecule has 0 radical (unpaired) electrons. The minimum Gasteiger partial charge on any atom is -0.497 e. The quantitative estimate of drug-likeness (QED) is 0.543. The van der Waals surface area contributed by atoms with Crippen LogP contribution in [0.1, 0.15) is 25.5 Å². The summed E-state index contributed by atoms with van der Waals surface area (Å²) >= 11 is 7.19. The third-order valence-corrected chi connectivity index (χ3v) is 6.38. The van der Waals surface area contributed by atoms with Crippen LogP contribution >= 0.6 is 22.9 Å². The summed E-state index contributed by atoms with van der Waals surface area (Å²) in [6.45, 7) is 3.71. The van der Waals surface area contributed by atoms with Gasteiger partial charge >= 0.3 is 5.97 Å². The molecule has 2 aromatic carbocycles. The standard InChI is InChI=1S/C24H22ClN3O4S/c1-4-32-23(30)20-14(2)27-24-28(21(20)15-6-5-7-18(12-15)31-3)22(29)19(33-24)13-26-17-10-8-16(25)9-11-17/h5-13,21,26H,4H2,1-3H3/b19-13-/t21-/m0/s1. The lowest BCUT2D eigenvalue weighted by molar-refractivity contribution is -0.139. The van der Waals surface area contributed by atoms with Gasteiger partial charge in [-0.2, -0.15) is 0 Å². The number of esters is 1. The summed E-state index contributed by atoms with van der Waals surface area (Å²) in [5.41, 5.74) is 2.10. The zero-order valence-electron chi connectivity index (χ0n) is 18.3. The van der Waals surface area contributed by atoms with Gasteiger partial charge in [-0.3, -0.25) is 9.36 Å². The summed E-state index contributed by atoms with van der Waals surface area (Å²) in [7, 11) is 1.57. The third-order valence-electron chi connectivity index (χ3n) is 5.14. The van der Waals surface area contributed by atoms with E-state index in [0.717, 1.165) is 11.3 Å². The fourth-order valence-corrected chi connectivity index (χ4v) is 4.71. The van der Waals surface area contributed by atoms with Gasteiger partial charge in [-0.25, -0.2) is 9.79 Å². The molecule has 0 amide bonds. The summed E-state index contributed by atoms with van der Waals surface area (Å²) in [5.74, 6) is 0.122. The molecular weight excluding hydrogens is 462 g/mol. The van der Waals surface area contributed by atoms with E-state index >= 15 is 0 Å². The summed E-state index contributed by atoms with van der Waals surface area (Å²) in [4.78, 5) is 31.4. The van der Waals surface area contributed by atoms with Crippen molar-refractivity contribution in [3.8, 4) is 5.75 Å². The highest BCUT2D eigenvalue weighted by atomic mass is 35.5. The van der Waals surface area contributed by atoms with Crippen LogP contribution in [0, 0.1) is 0 Å². The van der Waals surface area contributed by atoms with Gasteiger partial charge in [-0.05, 0) is 55.8 Å². The smallest absolute Gasteiger partial charge is 0.338 e. The number of methoxy groups -OCH3 is 1. The molecule has 1 aliphatic heterocycles. The van der Waals surface area contributed by atoms with Crippen molar-refractivity contribution in [2.24, 2.45) is 4.99 Å². The molecule has 0 unspecified atom stereocenters. The van der Waals surface area contributed by atoms with E-state index in [9.17, 15) is 9.59 Å². The van der Waals surface area contributed by atoms with Gasteiger partial charge in [0.1, 0.15) is 10.3 Å². The Balaban J connectivity index is 1.87. The molecule has 0 bridgehead atoms. The van der Waals surface area contributed by atoms with Crippen LogP contribution < -0.4 is 24.9 Å². The van der Waals surface area contributed by atoms with Crippen LogP contribution in [0.2, 0.25) is 5.02 Å². The minimum atomic E-state index is -0.687. The second kappa shape index (κ2) is 9.64. The summed E-state index contributed by atoms with van der Waals surface area (Å²) in [5, 5.41) is 3.75. The highest BCUT2D eigenvalue weighted by Gasteiger charge is 2.33. The second-order valence-corrected chi connectivity index (χ2v) is 8.68. The lowest BCUT2D eigenvalue weighted by Crippen LogP contribution is -2.40. The van der Waals surface area contributed by atoms with Gasteiger partial charge in [0, 0.05) is 16.9 Å². The van der Waals surface area contributed by atoms with Crippen molar-refractivity contribution in [3.63, 3.8) is 0 Å². The first-order chi connectivity index (χ1) is 15.9. The predicted molar refractivity (Wildman–Crippen MR) is 129 cm³/mol. The van der Waals surface area contributed by atoms with E-state index < -0.39 is 12.0 Å². The van der Waals surface area contributed by atoms with Crippen LogP contribution in [-0.2, 0) is 9.53 Å². The Bertz CT molecular complexity index is 1410. The van der Waals surface area contributed by atoms with Crippen LogP contribution in [-0.4, -0.2) is 24.3 Å². The SMILES string of the molecule is CCOC(=O)C1=C(C)N=c2s/c(=C\Nc3ccc(Cl)cc3)c(=O)n2[C@H]1c1cccc(OC)c1. The molecular formula is C24H22ClN3O4S. The molecule has 0 aliphatic carbocycles. The molecule has 0 saturated carbocycles. The first-order valence-electron chi connectivity index (χ1n) is 10.3. The number of hydrogen-bond donors (Lipinski definition) is 1. The van der Waals surface area contributed by atoms with E-state index in [1.54, 1.807) is 39.3 Å². The number of carbonyl (C=O) groups excluding carboxylic acids is 1. The highest BCUT2D eigenvalue weighted by Crippen LogP contribution is 2.32. The van der Waals surface area contributed by atoms with E-state index in [1.165, 1.54) is 15.9 Å². The van der Waals surface area contributed by atoms with E-state index in [4.69, 9.17) is 21.1 Å². The van der Waals surface area contributed by atoms with Crippen molar-refractivity contribution in [2.45, 2.75) is 19.9 Å². The zero-order valence-corrected chi connectivity index (χ0v) is 19.9. The second-order valence-electron chi connectivity index (χ2n) is 7.23. The van der Waals surface area contributed by atoms with Crippen molar-refractivity contribution in [1.82, 2.24) is 4.57 Å². The van der Waals surface area contributed by atoms with Gasteiger partial charge in [-0.1, -0.05) is 35.1 Å². The summed E-state index contributed by atoms with van der Waals surface area (Å²) in [6.07, 6.45) is 1.64. The number of nitrogens with one attached hydrogen (secondary N) is 1. The molecule has 4 rings (SSSR count). The van der Waals surface area contributed by atoms with Crippen molar-refractivity contribution in [3.05, 3.63) is 90.1 Å². The molecule has 1 N–H and O–H groups in total. The van der Waals surface area contributed by atoms with Crippen molar-refractivity contribution >= 4 is 40.8 Å². The van der Waals surface area contributed by atoms with Gasteiger partial charge < -0.3 is 14.8 Å². The normalized spacial score (nSPS) is 15.6. The van der Waals surface area contributed by atoms with E-state index in [-0.39, 0.29) is 12.2 Å². The Morgan fingerprint density at radius 3 is 2.73 bits per heavy atom. The van der Waals surface area contributed by atoms with Crippen LogP contribution in [0.3, 0.4) is 0 Å². The Morgan fingerprint density at radius 2 is 2.03 bits per heavy atom. The van der Waals surface area contributed by atoms with Crippen molar-refractivity contribution < 1.29 is 14.3 Å². The minimum absolute atomic E-state index is 0.218. The fourth-order valence-electron chi connectivity index (χ4n) is 3.61. The van der Waals surface area contributed by atoms with Gasteiger partial charge in [0.15, 0.2) is 4.80 Å². The van der Waals surface area contributed by atoms with Gasteiger partial charge in [0.05, 0.1) is 31.0 Å². The van der Waals surface area contributed by atoms with Crippen LogP contribution in [0.4, 0.5) is 5.69 Å². The first-order valence-corrected chi connectivity index (χ1v) is 11.5. The molecule has 33 heavy (non-hydrogen) atoms. The number of nitrogens with zero attached hydrogens (tertiary/aromatic N) is 2. The lowest BCUT2D eigenvalue weighted by atomic mass is 9.95. The molecule has 0 spiro atoms. The van der Waals surface area contributed by atoms with E-state index in [1.807, 2.05) is 36.4 Å². The number of hydrogen-bond acceptors (Lipinski definition) is 7. The molecule has 1 atom stereocenters. The molecule has 0 fully saturated rings. The molecule has 0 saturated heterocycles. The molecule has 1 aromatic heterocycles. The molecule has 3 aromatic rings. The Morgan fingerprint density at radius 1 is 1.27 bits per heavy atom. The molecule has 9 heteroatoms. The van der Waals surface area contributed by atoms with Gasteiger partial charge in [0.25, 0.3) is 5.56 Å². The summed E-state index contributed by atoms with van der Waals surface area (Å²) < 4.78 is 12.7. The van der Waals surface area contributed by atoms with Crippen LogP contribution in [0.15, 0.2) is 69.6 Å². The number of rotatable bonds is 6. The average molecular weight is 484 g/mol. The highest BCUT2D eigenvalue weighted by molar-refractivity contribution is 7.07. The van der Waals surface area contributed by atoms with Gasteiger partial charge in [-0.15, -0.1) is 0 Å². The number of fused-ring (bicyclic) bond motifs is 1. The number of aromatic nitrogens is 1. The van der Waals surface area contributed by atoms with Crippen LogP contribution in [0.25, 0.3) is 6.20 Å². The Kier molecular flexibility index (Phi) is 6.67. The lowest BCUT2D eigenvalue weighted by Gasteiger charge is -2.24.